The number of hydrogen-bond donors (Lipinski definition) is 3. The van der Waals surface area contributed by atoms with E-state index >= 15 is 0 Å². The summed E-state index contributed by atoms with van der Waals surface area (Å²) < 4.78 is 5.13. The summed E-state index contributed by atoms with van der Waals surface area (Å²) in [7, 11) is 1.56. The van der Waals surface area contributed by atoms with Gasteiger partial charge in [-0.05, 0) is 60.9 Å². The Morgan fingerprint density at radius 3 is 2.50 bits per heavy atom. The van der Waals surface area contributed by atoms with E-state index in [9.17, 15) is 14.7 Å². The van der Waals surface area contributed by atoms with Crippen LogP contribution in [0.4, 0.5) is 0 Å². The number of carbonyl (C=O) groups excluding carboxylic acids is 1. The van der Waals surface area contributed by atoms with Gasteiger partial charge < -0.3 is 20.1 Å². The normalized spacial score (nSPS) is 14.9. The predicted molar refractivity (Wildman–Crippen MR) is 148 cm³/mol. The van der Waals surface area contributed by atoms with E-state index in [1.54, 1.807) is 49.6 Å². The number of benzene rings is 3. The monoisotopic (exact) mass is 510 g/mol. The van der Waals surface area contributed by atoms with Crippen LogP contribution in [0.5, 0.6) is 5.75 Å². The molecule has 194 valence electrons. The van der Waals surface area contributed by atoms with E-state index in [-0.39, 0.29) is 23.4 Å². The maximum Gasteiger partial charge on any atom is 0.274 e. The first-order valence-electron chi connectivity index (χ1n) is 12.6. The SMILES string of the molecule is COc1ccc(/C(O)=C/c2nc3ccc(C(=O)NC4CCN(Cc5ccccc5)CC4)cc3[nH]c2=O)cc1. The number of ether oxygens (including phenoxy) is 1. The number of nitrogens with zero attached hydrogens (tertiary/aromatic N) is 2. The van der Waals surface area contributed by atoms with Gasteiger partial charge >= 0.3 is 0 Å². The summed E-state index contributed by atoms with van der Waals surface area (Å²) in [6.07, 6.45) is 3.10. The number of nitrogens with one attached hydrogen (secondary N) is 2. The Hall–Kier alpha value is -4.43. The van der Waals surface area contributed by atoms with Gasteiger partial charge in [0.2, 0.25) is 0 Å². The van der Waals surface area contributed by atoms with Gasteiger partial charge in [-0.25, -0.2) is 4.98 Å². The molecule has 1 saturated heterocycles. The second kappa shape index (κ2) is 11.3. The number of aliphatic hydroxyl groups is 1. The fourth-order valence-electron chi connectivity index (χ4n) is 4.66. The van der Waals surface area contributed by atoms with Crippen molar-refractivity contribution in [2.24, 2.45) is 0 Å². The second-order valence-electron chi connectivity index (χ2n) is 9.45. The van der Waals surface area contributed by atoms with E-state index in [0.717, 1.165) is 32.5 Å². The minimum absolute atomic E-state index is 0.0743. The summed E-state index contributed by atoms with van der Waals surface area (Å²) >= 11 is 0. The molecule has 8 nitrogen and oxygen atoms in total. The molecule has 0 saturated carbocycles. The van der Waals surface area contributed by atoms with Gasteiger partial charge in [0, 0.05) is 42.9 Å². The van der Waals surface area contributed by atoms with E-state index in [1.807, 2.05) is 6.07 Å². The fraction of sp³-hybridized carbons (Fsp3) is 0.233. The van der Waals surface area contributed by atoms with Gasteiger partial charge in [-0.3, -0.25) is 14.5 Å². The van der Waals surface area contributed by atoms with Crippen LogP contribution in [0.15, 0.2) is 77.6 Å². The molecule has 5 rings (SSSR count). The van der Waals surface area contributed by atoms with Gasteiger partial charge in [0.25, 0.3) is 11.5 Å². The number of likely N-dealkylation sites (tertiary alicyclic amines) is 1. The van der Waals surface area contributed by atoms with Crippen LogP contribution in [0.2, 0.25) is 0 Å². The Balaban J connectivity index is 1.23. The standard InChI is InChI=1S/C30H30N4O4/c1-38-24-10-7-21(8-11-24)28(35)18-27-30(37)33-26-17-22(9-12-25(26)32-27)29(36)31-23-13-15-34(16-14-23)19-20-5-3-2-4-6-20/h2-12,17-18,23,35H,13-16,19H2,1H3,(H,31,36)(H,33,37)/b28-18-. The number of methoxy groups -OCH3 is 1. The number of H-pyrrole nitrogens is 1. The zero-order valence-electron chi connectivity index (χ0n) is 21.2. The zero-order valence-corrected chi connectivity index (χ0v) is 21.2. The molecule has 0 radical (unpaired) electrons. The van der Waals surface area contributed by atoms with Crippen molar-refractivity contribution in [3.63, 3.8) is 0 Å². The first-order valence-corrected chi connectivity index (χ1v) is 12.6. The number of amides is 1. The number of fused-ring (bicyclic) bond motifs is 1. The summed E-state index contributed by atoms with van der Waals surface area (Å²) in [6, 6.07) is 22.4. The van der Waals surface area contributed by atoms with Gasteiger partial charge in [-0.15, -0.1) is 0 Å². The third-order valence-electron chi connectivity index (χ3n) is 6.81. The molecule has 3 aromatic carbocycles. The average Bonchev–Trinajstić information content (AvgIpc) is 2.95. The quantitative estimate of drug-likeness (QED) is 0.319. The third kappa shape index (κ3) is 5.92. The fourth-order valence-corrected chi connectivity index (χ4v) is 4.66. The Morgan fingerprint density at radius 1 is 1.08 bits per heavy atom. The zero-order chi connectivity index (χ0) is 26.5. The first kappa shape index (κ1) is 25.2. The van der Waals surface area contributed by atoms with Gasteiger partial charge in [0.15, 0.2) is 0 Å². The lowest BCUT2D eigenvalue weighted by Crippen LogP contribution is -2.44. The van der Waals surface area contributed by atoms with Crippen LogP contribution in [0, 0.1) is 0 Å². The molecule has 1 fully saturated rings. The molecule has 3 N–H and O–H groups in total. The molecule has 1 aliphatic rings. The maximum absolute atomic E-state index is 12.9. The van der Waals surface area contributed by atoms with Crippen LogP contribution in [-0.4, -0.2) is 52.1 Å². The number of aromatic amines is 1. The molecular formula is C30H30N4O4. The van der Waals surface area contributed by atoms with Crippen LogP contribution in [0.25, 0.3) is 22.9 Å². The topological polar surface area (TPSA) is 108 Å². The lowest BCUT2D eigenvalue weighted by atomic mass is 10.0. The molecule has 0 atom stereocenters. The molecule has 0 bridgehead atoms. The first-order chi connectivity index (χ1) is 18.5. The number of aliphatic hydroxyl groups excluding tert-OH is 1. The highest BCUT2D eigenvalue weighted by atomic mass is 16.5. The number of rotatable bonds is 7. The van der Waals surface area contributed by atoms with Crippen LogP contribution in [-0.2, 0) is 6.54 Å². The van der Waals surface area contributed by atoms with E-state index in [1.165, 1.54) is 11.6 Å². The van der Waals surface area contributed by atoms with Crippen LogP contribution in [0.3, 0.4) is 0 Å². The molecule has 1 aliphatic heterocycles. The number of aromatic nitrogens is 2. The molecule has 4 aromatic rings. The van der Waals surface area contributed by atoms with Crippen molar-refractivity contribution in [1.82, 2.24) is 20.2 Å². The summed E-state index contributed by atoms with van der Waals surface area (Å²) in [5.41, 5.74) is 2.89. The largest absolute Gasteiger partial charge is 0.507 e. The van der Waals surface area contributed by atoms with Crippen molar-refractivity contribution < 1.29 is 14.6 Å². The highest BCUT2D eigenvalue weighted by molar-refractivity contribution is 5.97. The smallest absolute Gasteiger partial charge is 0.274 e. The molecule has 1 aromatic heterocycles. The van der Waals surface area contributed by atoms with Crippen molar-refractivity contribution >= 4 is 28.8 Å². The summed E-state index contributed by atoms with van der Waals surface area (Å²) in [5.74, 6) is 0.405. The van der Waals surface area contributed by atoms with Crippen molar-refractivity contribution in [3.8, 4) is 5.75 Å². The van der Waals surface area contributed by atoms with Crippen LogP contribution in [0.1, 0.15) is 40.0 Å². The van der Waals surface area contributed by atoms with Crippen LogP contribution < -0.4 is 15.6 Å². The Bertz CT molecular complexity index is 1510. The van der Waals surface area contributed by atoms with Crippen molar-refractivity contribution in [2.75, 3.05) is 20.2 Å². The highest BCUT2D eigenvalue weighted by Crippen LogP contribution is 2.19. The highest BCUT2D eigenvalue weighted by Gasteiger charge is 2.21. The van der Waals surface area contributed by atoms with Crippen molar-refractivity contribution in [3.05, 3.63) is 106 Å². The molecule has 0 aliphatic carbocycles. The Morgan fingerprint density at radius 2 is 1.79 bits per heavy atom. The minimum Gasteiger partial charge on any atom is -0.507 e. The average molecular weight is 511 g/mol. The Labute approximate surface area is 220 Å². The van der Waals surface area contributed by atoms with Crippen molar-refractivity contribution in [2.45, 2.75) is 25.4 Å². The van der Waals surface area contributed by atoms with E-state index in [4.69, 9.17) is 4.74 Å². The molecule has 38 heavy (non-hydrogen) atoms. The molecule has 8 heteroatoms. The summed E-state index contributed by atoms with van der Waals surface area (Å²) in [4.78, 5) is 35.2. The van der Waals surface area contributed by atoms with Gasteiger partial charge in [-0.2, -0.15) is 0 Å². The van der Waals surface area contributed by atoms with E-state index in [2.05, 4.69) is 44.5 Å². The Kier molecular flexibility index (Phi) is 7.51. The summed E-state index contributed by atoms with van der Waals surface area (Å²) in [6.45, 7) is 2.77. The maximum atomic E-state index is 12.9. The number of carbonyl (C=O) groups is 1. The molecule has 2 heterocycles. The predicted octanol–water partition coefficient (Wildman–Crippen LogP) is 4.38. The molecule has 1 amide bonds. The lowest BCUT2D eigenvalue weighted by Gasteiger charge is -2.32. The number of piperidine rings is 1. The van der Waals surface area contributed by atoms with Gasteiger partial charge in [0.1, 0.15) is 17.2 Å². The number of hydrogen-bond acceptors (Lipinski definition) is 6. The molecule has 0 spiro atoms. The van der Waals surface area contributed by atoms with E-state index in [0.29, 0.717) is 27.9 Å². The summed E-state index contributed by atoms with van der Waals surface area (Å²) in [5, 5.41) is 13.6. The minimum atomic E-state index is -0.457. The van der Waals surface area contributed by atoms with Gasteiger partial charge in [0.05, 0.1) is 18.1 Å². The van der Waals surface area contributed by atoms with Crippen LogP contribution >= 0.6 is 0 Å². The molecule has 0 unspecified atom stereocenters. The lowest BCUT2D eigenvalue weighted by molar-refractivity contribution is 0.0909. The van der Waals surface area contributed by atoms with Crippen molar-refractivity contribution in [1.29, 1.82) is 0 Å². The second-order valence-corrected chi connectivity index (χ2v) is 9.45. The van der Waals surface area contributed by atoms with Gasteiger partial charge in [-0.1, -0.05) is 30.3 Å². The molecular weight excluding hydrogens is 480 g/mol. The third-order valence-corrected chi connectivity index (χ3v) is 6.81. The van der Waals surface area contributed by atoms with E-state index < -0.39 is 5.56 Å².